The highest BCUT2D eigenvalue weighted by Crippen LogP contribution is 2.34. The quantitative estimate of drug-likeness (QED) is 0.825. The lowest BCUT2D eigenvalue weighted by molar-refractivity contribution is -0.146. The topological polar surface area (TPSA) is 65.8 Å². The molecule has 0 spiro atoms. The fourth-order valence-corrected chi connectivity index (χ4v) is 4.15. The first-order valence-electron chi connectivity index (χ1n) is 8.99. The van der Waals surface area contributed by atoms with Crippen LogP contribution in [0.1, 0.15) is 24.0 Å². The number of nitrogens with zero attached hydrogens (tertiary/aromatic N) is 3. The second-order valence-corrected chi connectivity index (χ2v) is 6.98. The summed E-state index contributed by atoms with van der Waals surface area (Å²) in [4.78, 5) is 16.9. The summed E-state index contributed by atoms with van der Waals surface area (Å²) in [6.45, 7) is 4.35. The van der Waals surface area contributed by atoms with Gasteiger partial charge < -0.3 is 14.4 Å². The number of carbonyl (C=O) groups is 1. The summed E-state index contributed by atoms with van der Waals surface area (Å²) in [6.07, 6.45) is 1.56. The minimum atomic E-state index is -0.318. The molecule has 0 radical (unpaired) electrons. The molecule has 1 amide bonds. The van der Waals surface area contributed by atoms with Crippen LogP contribution in [0.15, 0.2) is 24.3 Å². The molecule has 1 aromatic rings. The fourth-order valence-electron chi connectivity index (χ4n) is 4.15. The van der Waals surface area contributed by atoms with Crippen LogP contribution in [0, 0.1) is 11.3 Å². The lowest BCUT2D eigenvalue weighted by Gasteiger charge is -2.29. The maximum absolute atomic E-state index is 12.7. The zero-order valence-electron chi connectivity index (χ0n) is 14.3. The van der Waals surface area contributed by atoms with E-state index in [9.17, 15) is 4.79 Å². The van der Waals surface area contributed by atoms with Gasteiger partial charge >= 0.3 is 0 Å². The first-order chi connectivity index (χ1) is 12.2. The number of nitriles is 1. The molecule has 0 aromatic heterocycles. The molecule has 4 rings (SSSR count). The van der Waals surface area contributed by atoms with E-state index < -0.39 is 0 Å². The second-order valence-electron chi connectivity index (χ2n) is 6.98. The monoisotopic (exact) mass is 341 g/mol. The SMILES string of the molecule is N#Cc1cccc(CN2CC[C@@H]3O[C@H](C(=O)N4CCOCC4)C[C@@H]32)c1. The van der Waals surface area contributed by atoms with Crippen molar-refractivity contribution < 1.29 is 14.3 Å². The van der Waals surface area contributed by atoms with Crippen molar-refractivity contribution in [3.05, 3.63) is 35.4 Å². The molecule has 3 aliphatic heterocycles. The number of hydrogen-bond acceptors (Lipinski definition) is 5. The van der Waals surface area contributed by atoms with Crippen molar-refractivity contribution in [3.8, 4) is 6.07 Å². The zero-order chi connectivity index (χ0) is 17.2. The van der Waals surface area contributed by atoms with Gasteiger partial charge in [0.25, 0.3) is 5.91 Å². The molecule has 25 heavy (non-hydrogen) atoms. The summed E-state index contributed by atoms with van der Waals surface area (Å²) in [7, 11) is 0. The summed E-state index contributed by atoms with van der Waals surface area (Å²) < 4.78 is 11.4. The zero-order valence-corrected chi connectivity index (χ0v) is 14.3. The second kappa shape index (κ2) is 7.12. The smallest absolute Gasteiger partial charge is 0.251 e. The van der Waals surface area contributed by atoms with Crippen LogP contribution in [-0.2, 0) is 20.8 Å². The Hall–Kier alpha value is -1.94. The molecule has 3 fully saturated rings. The van der Waals surface area contributed by atoms with Crippen LogP contribution < -0.4 is 0 Å². The summed E-state index contributed by atoms with van der Waals surface area (Å²) in [6, 6.07) is 10.2. The number of carbonyl (C=O) groups excluding carboxylic acids is 1. The van der Waals surface area contributed by atoms with E-state index in [2.05, 4.69) is 17.0 Å². The van der Waals surface area contributed by atoms with Gasteiger partial charge in [0.05, 0.1) is 31.0 Å². The first kappa shape index (κ1) is 16.5. The van der Waals surface area contributed by atoms with Crippen LogP contribution in [0.25, 0.3) is 0 Å². The third kappa shape index (κ3) is 3.40. The van der Waals surface area contributed by atoms with E-state index in [0.29, 0.717) is 37.9 Å². The maximum Gasteiger partial charge on any atom is 0.251 e. The Labute approximate surface area is 147 Å². The standard InChI is InChI=1S/C19H23N3O3/c20-12-14-2-1-3-15(10-14)13-22-5-4-17-16(22)11-18(25-17)19(23)21-6-8-24-9-7-21/h1-3,10,16-18H,4-9,11,13H2/t16-,17-,18-/m0/s1. The molecule has 3 saturated heterocycles. The minimum Gasteiger partial charge on any atom is -0.378 e. The number of hydrogen-bond donors (Lipinski definition) is 0. The normalized spacial score (nSPS) is 29.4. The summed E-state index contributed by atoms with van der Waals surface area (Å²) in [5, 5.41) is 9.06. The molecule has 0 aliphatic carbocycles. The van der Waals surface area contributed by atoms with Gasteiger partial charge in [-0.1, -0.05) is 12.1 Å². The van der Waals surface area contributed by atoms with Gasteiger partial charge in [-0.25, -0.2) is 0 Å². The van der Waals surface area contributed by atoms with Gasteiger partial charge in [-0.15, -0.1) is 0 Å². The minimum absolute atomic E-state index is 0.115. The Kier molecular flexibility index (Phi) is 4.71. The predicted molar refractivity (Wildman–Crippen MR) is 90.6 cm³/mol. The number of ether oxygens (including phenoxy) is 2. The van der Waals surface area contributed by atoms with E-state index >= 15 is 0 Å². The molecule has 3 aliphatic rings. The molecule has 1 aromatic carbocycles. The van der Waals surface area contributed by atoms with Gasteiger partial charge in [0, 0.05) is 38.6 Å². The molecule has 132 valence electrons. The molecule has 3 atom stereocenters. The Morgan fingerprint density at radius 1 is 1.28 bits per heavy atom. The van der Waals surface area contributed by atoms with Crippen molar-refractivity contribution in [1.82, 2.24) is 9.80 Å². The van der Waals surface area contributed by atoms with E-state index in [1.165, 1.54) is 0 Å². The summed E-state index contributed by atoms with van der Waals surface area (Å²) >= 11 is 0. The molecule has 0 saturated carbocycles. The largest absolute Gasteiger partial charge is 0.378 e. The molecular weight excluding hydrogens is 318 g/mol. The molecule has 0 unspecified atom stereocenters. The molecule has 0 bridgehead atoms. The average molecular weight is 341 g/mol. The Balaban J connectivity index is 1.39. The van der Waals surface area contributed by atoms with Crippen LogP contribution in [0.4, 0.5) is 0 Å². The van der Waals surface area contributed by atoms with Gasteiger partial charge in [0.1, 0.15) is 6.10 Å². The number of morpholine rings is 1. The van der Waals surface area contributed by atoms with Crippen molar-refractivity contribution in [3.63, 3.8) is 0 Å². The van der Waals surface area contributed by atoms with E-state index in [4.69, 9.17) is 14.7 Å². The molecule has 6 heteroatoms. The third-order valence-electron chi connectivity index (χ3n) is 5.43. The molecule has 3 heterocycles. The lowest BCUT2D eigenvalue weighted by atomic mass is 10.1. The average Bonchev–Trinajstić information content (AvgIpc) is 3.24. The van der Waals surface area contributed by atoms with Gasteiger partial charge in [-0.05, 0) is 24.1 Å². The Morgan fingerprint density at radius 2 is 2.12 bits per heavy atom. The highest BCUT2D eigenvalue weighted by Gasteiger charge is 2.46. The van der Waals surface area contributed by atoms with Crippen molar-refractivity contribution in [2.75, 3.05) is 32.8 Å². The summed E-state index contributed by atoms with van der Waals surface area (Å²) in [5.41, 5.74) is 1.83. The van der Waals surface area contributed by atoms with Crippen molar-refractivity contribution in [1.29, 1.82) is 5.26 Å². The predicted octanol–water partition coefficient (Wildman–Crippen LogP) is 1.15. The Morgan fingerprint density at radius 3 is 2.92 bits per heavy atom. The van der Waals surface area contributed by atoms with Gasteiger partial charge in [0.15, 0.2) is 0 Å². The van der Waals surface area contributed by atoms with Crippen LogP contribution in [0.2, 0.25) is 0 Å². The Bertz CT molecular complexity index is 681. The highest BCUT2D eigenvalue weighted by atomic mass is 16.5. The van der Waals surface area contributed by atoms with Gasteiger partial charge in [0.2, 0.25) is 0 Å². The fraction of sp³-hybridized carbons (Fsp3) is 0.579. The van der Waals surface area contributed by atoms with E-state index in [0.717, 1.165) is 31.5 Å². The number of fused-ring (bicyclic) bond motifs is 1. The maximum atomic E-state index is 12.7. The molecule has 6 nitrogen and oxygen atoms in total. The van der Waals surface area contributed by atoms with Crippen LogP contribution in [-0.4, -0.2) is 66.8 Å². The van der Waals surface area contributed by atoms with Gasteiger partial charge in [-0.2, -0.15) is 5.26 Å². The van der Waals surface area contributed by atoms with Crippen LogP contribution in [0.5, 0.6) is 0 Å². The van der Waals surface area contributed by atoms with E-state index in [1.54, 1.807) is 0 Å². The number of rotatable bonds is 3. The van der Waals surface area contributed by atoms with E-state index in [-0.39, 0.29) is 18.1 Å². The highest BCUT2D eigenvalue weighted by molar-refractivity contribution is 5.81. The molecular formula is C19H23N3O3. The van der Waals surface area contributed by atoms with Crippen molar-refractivity contribution in [2.45, 2.75) is 37.6 Å². The van der Waals surface area contributed by atoms with Crippen molar-refractivity contribution in [2.24, 2.45) is 0 Å². The van der Waals surface area contributed by atoms with Crippen LogP contribution in [0.3, 0.4) is 0 Å². The van der Waals surface area contributed by atoms with Crippen LogP contribution >= 0.6 is 0 Å². The lowest BCUT2D eigenvalue weighted by Crippen LogP contribution is -2.46. The number of amides is 1. The third-order valence-corrected chi connectivity index (χ3v) is 5.43. The van der Waals surface area contributed by atoms with Crippen molar-refractivity contribution >= 4 is 5.91 Å². The molecule has 0 N–H and O–H groups in total. The van der Waals surface area contributed by atoms with E-state index in [1.807, 2.05) is 23.1 Å². The first-order valence-corrected chi connectivity index (χ1v) is 8.99. The summed E-state index contributed by atoms with van der Waals surface area (Å²) in [5.74, 6) is 0.115. The van der Waals surface area contributed by atoms with Gasteiger partial charge in [-0.3, -0.25) is 9.69 Å². The number of benzene rings is 1. The number of likely N-dealkylation sites (tertiary alicyclic amines) is 1.